The van der Waals surface area contributed by atoms with Gasteiger partial charge in [-0.3, -0.25) is 0 Å². The molecule has 0 unspecified atom stereocenters. The number of rotatable bonds is 5. The van der Waals surface area contributed by atoms with Gasteiger partial charge in [0.25, 0.3) is 0 Å². The van der Waals surface area contributed by atoms with E-state index in [0.717, 1.165) is 5.56 Å². The molecule has 0 spiro atoms. The van der Waals surface area contributed by atoms with Crippen molar-refractivity contribution < 1.29 is 17.9 Å². The normalized spacial score (nSPS) is 11.3. The van der Waals surface area contributed by atoms with Crippen molar-refractivity contribution in [1.29, 1.82) is 0 Å². The Morgan fingerprint density at radius 3 is 2.45 bits per heavy atom. The maximum absolute atomic E-state index is 12.2. The second kappa shape index (κ2) is 6.10. The van der Waals surface area contributed by atoms with Crippen LogP contribution in [0.15, 0.2) is 11.0 Å². The molecule has 1 aromatic carbocycles. The zero-order valence-electron chi connectivity index (χ0n) is 11.7. The van der Waals surface area contributed by atoms with E-state index in [4.69, 9.17) is 11.5 Å². The highest BCUT2D eigenvalue weighted by Gasteiger charge is 2.21. The third-order valence-electron chi connectivity index (χ3n) is 2.87. The van der Waals surface area contributed by atoms with Crippen molar-refractivity contribution in [2.75, 3.05) is 18.9 Å². The van der Waals surface area contributed by atoms with Crippen LogP contribution in [0.1, 0.15) is 16.7 Å². The first-order valence-electron chi connectivity index (χ1n) is 5.95. The topological polar surface area (TPSA) is 125 Å². The number of amides is 1. The third kappa shape index (κ3) is 3.61. The molecule has 1 rings (SSSR count). The van der Waals surface area contributed by atoms with Gasteiger partial charge in [-0.05, 0) is 37.5 Å². The second-order valence-corrected chi connectivity index (χ2v) is 6.15. The summed E-state index contributed by atoms with van der Waals surface area (Å²) in [5.74, 6) is 0. The van der Waals surface area contributed by atoms with E-state index >= 15 is 0 Å². The van der Waals surface area contributed by atoms with Crippen LogP contribution < -0.4 is 16.2 Å². The predicted octanol–water partition coefficient (Wildman–Crippen LogP) is 0.568. The van der Waals surface area contributed by atoms with Crippen LogP contribution in [0.25, 0.3) is 0 Å². The number of anilines is 1. The summed E-state index contributed by atoms with van der Waals surface area (Å²) < 4.78 is 31.3. The number of nitrogens with two attached hydrogens (primary N) is 2. The molecule has 0 saturated heterocycles. The van der Waals surface area contributed by atoms with Crippen molar-refractivity contribution in [2.24, 2.45) is 5.73 Å². The lowest BCUT2D eigenvalue weighted by molar-refractivity contribution is 0.159. The first-order valence-corrected chi connectivity index (χ1v) is 7.43. The molecule has 0 aromatic heterocycles. The summed E-state index contributed by atoms with van der Waals surface area (Å²) in [6.45, 7) is 4.99. The van der Waals surface area contributed by atoms with Gasteiger partial charge < -0.3 is 16.2 Å². The highest BCUT2D eigenvalue weighted by atomic mass is 32.2. The molecular formula is C12H19N3O4S. The summed E-state index contributed by atoms with van der Waals surface area (Å²) in [4.78, 5) is 10.5. The van der Waals surface area contributed by atoms with Crippen molar-refractivity contribution in [2.45, 2.75) is 25.7 Å². The van der Waals surface area contributed by atoms with Crippen LogP contribution in [-0.4, -0.2) is 27.7 Å². The Kier molecular flexibility index (Phi) is 4.96. The monoisotopic (exact) mass is 301 g/mol. The van der Waals surface area contributed by atoms with E-state index < -0.39 is 16.1 Å². The van der Waals surface area contributed by atoms with Crippen LogP contribution >= 0.6 is 0 Å². The molecule has 1 aromatic rings. The minimum Gasteiger partial charge on any atom is -0.448 e. The first kappa shape index (κ1) is 16.3. The van der Waals surface area contributed by atoms with Crippen LogP contribution in [0.5, 0.6) is 0 Å². The number of hydrogen-bond acceptors (Lipinski definition) is 5. The van der Waals surface area contributed by atoms with Crippen molar-refractivity contribution >= 4 is 21.8 Å². The Morgan fingerprint density at radius 2 is 1.90 bits per heavy atom. The number of nitrogens with one attached hydrogen (secondary N) is 1. The lowest BCUT2D eigenvalue weighted by atomic mass is 10.1. The standard InChI is InChI=1S/C12H19N3O4S/c1-7-6-8(2)11(9(3)10(7)13)20(17,18)15-4-5-19-12(14)16/h6,15H,4-5,13H2,1-3H3,(H2,14,16). The molecule has 20 heavy (non-hydrogen) atoms. The van der Waals surface area contributed by atoms with Crippen LogP contribution in [0.4, 0.5) is 10.5 Å². The molecule has 112 valence electrons. The number of sulfonamides is 1. The van der Waals surface area contributed by atoms with Crippen molar-refractivity contribution in [1.82, 2.24) is 4.72 Å². The lowest BCUT2D eigenvalue weighted by Crippen LogP contribution is -2.30. The van der Waals surface area contributed by atoms with Crippen molar-refractivity contribution in [3.05, 3.63) is 22.8 Å². The minimum atomic E-state index is -3.72. The smallest absolute Gasteiger partial charge is 0.404 e. The van der Waals surface area contributed by atoms with E-state index in [9.17, 15) is 13.2 Å². The number of hydrogen-bond donors (Lipinski definition) is 3. The third-order valence-corrected chi connectivity index (χ3v) is 4.62. The van der Waals surface area contributed by atoms with Gasteiger partial charge in [-0.15, -0.1) is 0 Å². The SMILES string of the molecule is Cc1cc(C)c(S(=O)(=O)NCCOC(N)=O)c(C)c1N. The maximum atomic E-state index is 12.2. The summed E-state index contributed by atoms with van der Waals surface area (Å²) in [7, 11) is -3.72. The van der Waals surface area contributed by atoms with Gasteiger partial charge in [0.05, 0.1) is 4.90 Å². The molecule has 0 aliphatic heterocycles. The first-order chi connectivity index (χ1) is 9.16. The van der Waals surface area contributed by atoms with Gasteiger partial charge >= 0.3 is 6.09 Å². The molecule has 0 saturated carbocycles. The summed E-state index contributed by atoms with van der Waals surface area (Å²) >= 11 is 0. The average molecular weight is 301 g/mol. The van der Waals surface area contributed by atoms with Crippen molar-refractivity contribution in [3.63, 3.8) is 0 Å². The number of aryl methyl sites for hydroxylation is 2. The molecular weight excluding hydrogens is 282 g/mol. The fraction of sp³-hybridized carbons (Fsp3) is 0.417. The average Bonchev–Trinajstić information content (AvgIpc) is 2.31. The maximum Gasteiger partial charge on any atom is 0.404 e. The zero-order valence-corrected chi connectivity index (χ0v) is 12.5. The van der Waals surface area contributed by atoms with E-state index in [1.165, 1.54) is 0 Å². The highest BCUT2D eigenvalue weighted by Crippen LogP contribution is 2.27. The molecule has 1 amide bonds. The molecule has 5 N–H and O–H groups in total. The minimum absolute atomic E-state index is 0.0576. The Hall–Kier alpha value is -1.80. The quantitative estimate of drug-likeness (QED) is 0.541. The Bertz CT molecular complexity index is 626. The Labute approximate surface area is 118 Å². The van der Waals surface area contributed by atoms with Gasteiger partial charge in [0.1, 0.15) is 6.61 Å². The van der Waals surface area contributed by atoms with Crippen molar-refractivity contribution in [3.8, 4) is 0 Å². The largest absolute Gasteiger partial charge is 0.448 e. The summed E-state index contributed by atoms with van der Waals surface area (Å²) in [6, 6.07) is 1.72. The summed E-state index contributed by atoms with van der Waals surface area (Å²) in [5.41, 5.74) is 13.0. The van der Waals surface area contributed by atoms with E-state index in [2.05, 4.69) is 9.46 Å². The Balaban J connectivity index is 2.99. The number of ether oxygens (including phenoxy) is 1. The second-order valence-electron chi connectivity index (χ2n) is 4.44. The molecule has 0 bridgehead atoms. The molecule has 0 aliphatic rings. The number of nitrogen functional groups attached to an aromatic ring is 1. The molecule has 0 radical (unpaired) electrons. The summed E-state index contributed by atoms with van der Waals surface area (Å²) in [5, 5.41) is 0. The van der Waals surface area contributed by atoms with Gasteiger partial charge in [0.2, 0.25) is 10.0 Å². The van der Waals surface area contributed by atoms with E-state index in [0.29, 0.717) is 16.8 Å². The fourth-order valence-electron chi connectivity index (χ4n) is 2.00. The van der Waals surface area contributed by atoms with E-state index in [-0.39, 0.29) is 18.0 Å². The molecule has 7 nitrogen and oxygen atoms in total. The van der Waals surface area contributed by atoms with E-state index in [1.54, 1.807) is 19.9 Å². The van der Waals surface area contributed by atoms with Gasteiger partial charge in [-0.2, -0.15) is 0 Å². The molecule has 8 heteroatoms. The number of carbonyl (C=O) groups is 1. The number of carbonyl (C=O) groups excluding carboxylic acids is 1. The zero-order chi connectivity index (χ0) is 15.5. The Morgan fingerprint density at radius 1 is 1.30 bits per heavy atom. The van der Waals surface area contributed by atoms with E-state index in [1.807, 2.05) is 6.92 Å². The van der Waals surface area contributed by atoms with Gasteiger partial charge in [-0.1, -0.05) is 6.07 Å². The fourth-order valence-corrected chi connectivity index (χ4v) is 3.49. The van der Waals surface area contributed by atoms with Gasteiger partial charge in [0, 0.05) is 12.2 Å². The van der Waals surface area contributed by atoms with Crippen LogP contribution in [0.2, 0.25) is 0 Å². The van der Waals surface area contributed by atoms with Gasteiger partial charge in [-0.25, -0.2) is 17.9 Å². The molecule has 0 heterocycles. The van der Waals surface area contributed by atoms with Crippen LogP contribution in [0, 0.1) is 20.8 Å². The molecule has 0 fully saturated rings. The summed E-state index contributed by atoms with van der Waals surface area (Å²) in [6.07, 6.45) is -0.948. The number of primary amides is 1. The highest BCUT2D eigenvalue weighted by molar-refractivity contribution is 7.89. The predicted molar refractivity (Wildman–Crippen MR) is 75.8 cm³/mol. The van der Waals surface area contributed by atoms with Crippen LogP contribution in [-0.2, 0) is 14.8 Å². The molecule has 0 aliphatic carbocycles. The van der Waals surface area contributed by atoms with Crippen LogP contribution in [0.3, 0.4) is 0 Å². The van der Waals surface area contributed by atoms with Gasteiger partial charge in [0.15, 0.2) is 0 Å². The number of benzene rings is 1. The molecule has 0 atom stereocenters. The lowest BCUT2D eigenvalue weighted by Gasteiger charge is -2.15.